The van der Waals surface area contributed by atoms with Crippen molar-refractivity contribution in [2.24, 2.45) is 5.41 Å². The molecule has 2 rings (SSSR count). The van der Waals surface area contributed by atoms with E-state index in [1.807, 2.05) is 0 Å². The zero-order valence-electron chi connectivity index (χ0n) is 12.4. The summed E-state index contributed by atoms with van der Waals surface area (Å²) in [4.78, 5) is -0.173. The van der Waals surface area contributed by atoms with Crippen LogP contribution in [0.5, 0.6) is 0 Å². The van der Waals surface area contributed by atoms with Crippen LogP contribution in [0.1, 0.15) is 45.1 Å². The van der Waals surface area contributed by atoms with Crippen LogP contribution < -0.4 is 4.72 Å². The highest BCUT2D eigenvalue weighted by atomic mass is 32.2. The zero-order chi connectivity index (χ0) is 15.7. The Kier molecular flexibility index (Phi) is 4.70. The maximum Gasteiger partial charge on any atom is 0.241 e. The molecular formula is C15H22FNO3S. The Balaban J connectivity index is 2.24. The molecule has 0 radical (unpaired) electrons. The van der Waals surface area contributed by atoms with Gasteiger partial charge in [-0.1, -0.05) is 26.3 Å². The number of sulfonamides is 1. The summed E-state index contributed by atoms with van der Waals surface area (Å²) in [7, 11) is -3.83. The van der Waals surface area contributed by atoms with Gasteiger partial charge in [0, 0.05) is 6.04 Å². The summed E-state index contributed by atoms with van der Waals surface area (Å²) < 4.78 is 40.9. The Morgan fingerprint density at radius 2 is 2.14 bits per heavy atom. The molecule has 0 spiro atoms. The molecule has 0 heterocycles. The molecule has 6 heteroatoms. The minimum atomic E-state index is -3.83. The number of halogens is 1. The van der Waals surface area contributed by atoms with Gasteiger partial charge in [0.1, 0.15) is 5.82 Å². The fourth-order valence-corrected chi connectivity index (χ4v) is 4.50. The molecule has 1 aromatic carbocycles. The van der Waals surface area contributed by atoms with E-state index in [0.29, 0.717) is 0 Å². The smallest absolute Gasteiger partial charge is 0.241 e. The Morgan fingerprint density at radius 3 is 2.76 bits per heavy atom. The molecule has 1 fully saturated rings. The minimum absolute atomic E-state index is 0.104. The van der Waals surface area contributed by atoms with Crippen molar-refractivity contribution in [3.8, 4) is 0 Å². The lowest BCUT2D eigenvalue weighted by atomic mass is 9.75. The van der Waals surface area contributed by atoms with Gasteiger partial charge in [-0.25, -0.2) is 17.5 Å². The molecule has 1 aliphatic carbocycles. The first-order valence-corrected chi connectivity index (χ1v) is 8.63. The summed E-state index contributed by atoms with van der Waals surface area (Å²) in [6.07, 6.45) is 3.59. The normalized spacial score (nSPS) is 22.2. The van der Waals surface area contributed by atoms with Crippen molar-refractivity contribution in [3.63, 3.8) is 0 Å². The number of rotatable bonds is 4. The van der Waals surface area contributed by atoms with Gasteiger partial charge in [-0.15, -0.1) is 0 Å². The van der Waals surface area contributed by atoms with Crippen LogP contribution in [0.2, 0.25) is 0 Å². The topological polar surface area (TPSA) is 66.4 Å². The lowest BCUT2D eigenvalue weighted by molar-refractivity contribution is 0.212. The van der Waals surface area contributed by atoms with E-state index in [2.05, 4.69) is 18.6 Å². The van der Waals surface area contributed by atoms with Gasteiger partial charge in [-0.2, -0.15) is 0 Å². The minimum Gasteiger partial charge on any atom is -0.392 e. The SMILES string of the molecule is CC1(C)CCCC(NS(=O)(=O)c2cc(F)ccc2CO)C1. The summed E-state index contributed by atoms with van der Waals surface area (Å²) in [5, 5.41) is 9.25. The maximum absolute atomic E-state index is 13.3. The molecule has 0 bridgehead atoms. The molecule has 4 nitrogen and oxygen atoms in total. The van der Waals surface area contributed by atoms with Gasteiger partial charge < -0.3 is 5.11 Å². The van der Waals surface area contributed by atoms with E-state index in [0.717, 1.165) is 37.8 Å². The van der Waals surface area contributed by atoms with Crippen LogP contribution in [-0.4, -0.2) is 19.6 Å². The van der Waals surface area contributed by atoms with Gasteiger partial charge in [-0.3, -0.25) is 0 Å². The van der Waals surface area contributed by atoms with Gasteiger partial charge in [0.2, 0.25) is 10.0 Å². The van der Waals surface area contributed by atoms with Gasteiger partial charge in [0.25, 0.3) is 0 Å². The number of aliphatic hydroxyl groups excluding tert-OH is 1. The summed E-state index contributed by atoms with van der Waals surface area (Å²) in [5.41, 5.74) is 0.312. The highest BCUT2D eigenvalue weighted by Gasteiger charge is 2.31. The van der Waals surface area contributed by atoms with Crippen LogP contribution in [0.15, 0.2) is 23.1 Å². The second-order valence-corrected chi connectivity index (χ2v) is 8.17. The first kappa shape index (κ1) is 16.4. The number of nitrogens with one attached hydrogen (secondary N) is 1. The number of aliphatic hydroxyl groups is 1. The number of hydrogen-bond acceptors (Lipinski definition) is 3. The van der Waals surface area contributed by atoms with Crippen LogP contribution >= 0.6 is 0 Å². The van der Waals surface area contributed by atoms with E-state index in [-0.39, 0.29) is 21.9 Å². The third kappa shape index (κ3) is 4.02. The van der Waals surface area contributed by atoms with E-state index in [1.54, 1.807) is 0 Å². The van der Waals surface area contributed by atoms with E-state index in [4.69, 9.17) is 0 Å². The Morgan fingerprint density at radius 1 is 1.43 bits per heavy atom. The summed E-state index contributed by atoms with van der Waals surface area (Å²) in [6, 6.07) is 3.26. The fourth-order valence-electron chi connectivity index (χ4n) is 2.99. The molecule has 2 N–H and O–H groups in total. The molecule has 118 valence electrons. The lowest BCUT2D eigenvalue weighted by Crippen LogP contribution is -2.40. The second-order valence-electron chi connectivity index (χ2n) is 6.49. The maximum atomic E-state index is 13.3. The first-order chi connectivity index (χ1) is 9.73. The summed E-state index contributed by atoms with van der Waals surface area (Å²) >= 11 is 0. The molecular weight excluding hydrogens is 293 g/mol. The Hall–Kier alpha value is -0.980. The predicted molar refractivity (Wildman–Crippen MR) is 78.7 cm³/mol. The molecule has 1 unspecified atom stereocenters. The quantitative estimate of drug-likeness (QED) is 0.897. The van der Waals surface area contributed by atoms with Crippen LogP contribution in [0.25, 0.3) is 0 Å². The number of benzene rings is 1. The van der Waals surface area contributed by atoms with Crippen LogP contribution in [-0.2, 0) is 16.6 Å². The molecule has 0 aliphatic heterocycles. The highest BCUT2D eigenvalue weighted by molar-refractivity contribution is 7.89. The van der Waals surface area contributed by atoms with Crippen LogP contribution in [0.4, 0.5) is 4.39 Å². The molecule has 1 atom stereocenters. The second kappa shape index (κ2) is 6.02. The Labute approximate surface area is 125 Å². The molecule has 0 aromatic heterocycles. The lowest BCUT2D eigenvalue weighted by Gasteiger charge is -2.35. The van der Waals surface area contributed by atoms with Gasteiger partial charge in [0.15, 0.2) is 0 Å². The largest absolute Gasteiger partial charge is 0.392 e. The van der Waals surface area contributed by atoms with Crippen molar-refractivity contribution in [2.45, 2.75) is 57.1 Å². The third-order valence-electron chi connectivity index (χ3n) is 4.02. The van der Waals surface area contributed by atoms with Crippen LogP contribution in [0, 0.1) is 11.2 Å². The van der Waals surface area contributed by atoms with Gasteiger partial charge in [0.05, 0.1) is 11.5 Å². The fraction of sp³-hybridized carbons (Fsp3) is 0.600. The molecule has 21 heavy (non-hydrogen) atoms. The van der Waals surface area contributed by atoms with Crippen molar-refractivity contribution in [1.82, 2.24) is 4.72 Å². The zero-order valence-corrected chi connectivity index (χ0v) is 13.2. The number of hydrogen-bond donors (Lipinski definition) is 2. The monoisotopic (exact) mass is 315 g/mol. The highest BCUT2D eigenvalue weighted by Crippen LogP contribution is 2.35. The Bertz CT molecular complexity index is 613. The third-order valence-corrected chi connectivity index (χ3v) is 5.62. The average molecular weight is 315 g/mol. The molecule has 0 saturated heterocycles. The van der Waals surface area contributed by atoms with E-state index in [1.165, 1.54) is 6.07 Å². The molecule has 1 saturated carbocycles. The van der Waals surface area contributed by atoms with Crippen molar-refractivity contribution < 1.29 is 17.9 Å². The predicted octanol–water partition coefficient (Wildman–Crippen LogP) is 2.57. The first-order valence-electron chi connectivity index (χ1n) is 7.15. The van der Waals surface area contributed by atoms with Crippen molar-refractivity contribution in [3.05, 3.63) is 29.6 Å². The van der Waals surface area contributed by atoms with Crippen LogP contribution in [0.3, 0.4) is 0 Å². The van der Waals surface area contributed by atoms with Crippen molar-refractivity contribution in [1.29, 1.82) is 0 Å². The van der Waals surface area contributed by atoms with Crippen molar-refractivity contribution in [2.75, 3.05) is 0 Å². The average Bonchev–Trinajstić information content (AvgIpc) is 2.37. The molecule has 0 amide bonds. The van der Waals surface area contributed by atoms with Gasteiger partial charge >= 0.3 is 0 Å². The van der Waals surface area contributed by atoms with Gasteiger partial charge in [-0.05, 0) is 42.4 Å². The molecule has 1 aliphatic rings. The standard InChI is InChI=1S/C15H22FNO3S/c1-15(2)7-3-4-13(9-15)17-21(19,20)14-8-12(16)6-5-11(14)10-18/h5-6,8,13,17-18H,3-4,7,9-10H2,1-2H3. The molecule has 1 aromatic rings. The summed E-state index contributed by atoms with van der Waals surface area (Å²) in [5.74, 6) is -0.628. The summed E-state index contributed by atoms with van der Waals surface area (Å²) in [6.45, 7) is 3.80. The van der Waals surface area contributed by atoms with Crippen molar-refractivity contribution >= 4 is 10.0 Å². The van der Waals surface area contributed by atoms with E-state index >= 15 is 0 Å². The van der Waals surface area contributed by atoms with E-state index in [9.17, 15) is 17.9 Å². The van der Waals surface area contributed by atoms with E-state index < -0.39 is 22.4 Å².